The number of hydrogen-bond acceptors (Lipinski definition) is 4. The van der Waals surface area contributed by atoms with E-state index in [1.165, 1.54) is 0 Å². The average molecular weight is 236 g/mol. The molecule has 1 aromatic rings. The van der Waals surface area contributed by atoms with Crippen molar-refractivity contribution < 1.29 is 9.57 Å². The third-order valence-corrected chi connectivity index (χ3v) is 3.02. The zero-order valence-electron chi connectivity index (χ0n) is 10.4. The molecule has 94 valence electrons. The van der Waals surface area contributed by atoms with Gasteiger partial charge in [0.25, 0.3) is 0 Å². The van der Waals surface area contributed by atoms with Gasteiger partial charge in [0.2, 0.25) is 0 Å². The lowest BCUT2D eigenvalue weighted by Gasteiger charge is -2.29. The number of methoxy groups -OCH3 is 1. The van der Waals surface area contributed by atoms with Crippen LogP contribution in [0.5, 0.6) is 5.75 Å². The van der Waals surface area contributed by atoms with Crippen LogP contribution in [0.3, 0.4) is 0 Å². The maximum atomic E-state index is 6.08. The molecule has 2 atom stereocenters. The summed E-state index contributed by atoms with van der Waals surface area (Å²) in [6.45, 7) is 3.72. The molecule has 2 unspecified atom stereocenters. The lowest BCUT2D eigenvalue weighted by molar-refractivity contribution is -0.147. The normalized spacial score (nSPS) is 20.2. The molecule has 0 amide bonds. The molecule has 4 nitrogen and oxygen atoms in total. The van der Waals surface area contributed by atoms with Gasteiger partial charge in [-0.3, -0.25) is 4.84 Å². The molecule has 4 heteroatoms. The van der Waals surface area contributed by atoms with Crippen LogP contribution in [0.4, 0.5) is 0 Å². The predicted molar refractivity (Wildman–Crippen MR) is 66.7 cm³/mol. The van der Waals surface area contributed by atoms with Crippen LogP contribution in [0.1, 0.15) is 24.9 Å². The first kappa shape index (κ1) is 12.4. The summed E-state index contributed by atoms with van der Waals surface area (Å²) in [5.74, 6) is 0.854. The smallest absolute Gasteiger partial charge is 0.119 e. The van der Waals surface area contributed by atoms with Gasteiger partial charge in [-0.25, -0.2) is 0 Å². The predicted octanol–water partition coefficient (Wildman–Crippen LogP) is 1.72. The monoisotopic (exact) mass is 236 g/mol. The van der Waals surface area contributed by atoms with E-state index in [4.69, 9.17) is 15.3 Å². The summed E-state index contributed by atoms with van der Waals surface area (Å²) in [5, 5.41) is 1.99. The van der Waals surface area contributed by atoms with E-state index in [0.717, 1.165) is 30.9 Å². The summed E-state index contributed by atoms with van der Waals surface area (Å²) in [6, 6.07) is 8.12. The first-order chi connectivity index (χ1) is 8.22. The van der Waals surface area contributed by atoms with Gasteiger partial charge in [-0.15, -0.1) is 0 Å². The van der Waals surface area contributed by atoms with E-state index in [9.17, 15) is 0 Å². The molecule has 1 aliphatic heterocycles. The number of hydroxylamine groups is 2. The van der Waals surface area contributed by atoms with Gasteiger partial charge in [0.15, 0.2) is 0 Å². The first-order valence-corrected chi connectivity index (χ1v) is 6.01. The van der Waals surface area contributed by atoms with Gasteiger partial charge in [0.1, 0.15) is 5.75 Å². The molecule has 0 spiro atoms. The Bertz CT molecular complexity index is 362. The quantitative estimate of drug-likeness (QED) is 0.864. The molecule has 0 aliphatic carbocycles. The van der Waals surface area contributed by atoms with Crippen LogP contribution < -0.4 is 10.5 Å². The van der Waals surface area contributed by atoms with Crippen molar-refractivity contribution in [2.75, 3.05) is 20.3 Å². The molecule has 1 heterocycles. The summed E-state index contributed by atoms with van der Waals surface area (Å²) in [4.78, 5) is 5.62. The Labute approximate surface area is 102 Å². The zero-order chi connectivity index (χ0) is 12.3. The second-order valence-corrected chi connectivity index (χ2v) is 4.41. The summed E-state index contributed by atoms with van der Waals surface area (Å²) in [5.41, 5.74) is 7.22. The molecular formula is C13H20N2O2. The Balaban J connectivity index is 2.24. The molecule has 1 fully saturated rings. The second-order valence-electron chi connectivity index (χ2n) is 4.41. The van der Waals surface area contributed by atoms with Gasteiger partial charge < -0.3 is 10.5 Å². The Morgan fingerprint density at radius 2 is 2.29 bits per heavy atom. The molecule has 0 bridgehead atoms. The highest BCUT2D eigenvalue weighted by atomic mass is 16.7. The summed E-state index contributed by atoms with van der Waals surface area (Å²) >= 11 is 0. The van der Waals surface area contributed by atoms with E-state index >= 15 is 0 Å². The Morgan fingerprint density at radius 3 is 2.88 bits per heavy atom. The number of hydrogen-bond donors (Lipinski definition) is 1. The second kappa shape index (κ2) is 5.49. The molecule has 2 N–H and O–H groups in total. The van der Waals surface area contributed by atoms with Gasteiger partial charge in [0, 0.05) is 12.6 Å². The van der Waals surface area contributed by atoms with E-state index in [-0.39, 0.29) is 12.1 Å². The van der Waals surface area contributed by atoms with Crippen LogP contribution >= 0.6 is 0 Å². The summed E-state index contributed by atoms with van der Waals surface area (Å²) < 4.78 is 5.25. The molecule has 1 aliphatic rings. The molecule has 0 aromatic heterocycles. The van der Waals surface area contributed by atoms with E-state index in [1.807, 2.05) is 30.2 Å². The van der Waals surface area contributed by atoms with E-state index in [0.29, 0.717) is 0 Å². The molecule has 2 rings (SSSR count). The van der Waals surface area contributed by atoms with Gasteiger partial charge in [-0.05, 0) is 31.0 Å². The number of nitrogens with zero attached hydrogens (tertiary/aromatic N) is 1. The van der Waals surface area contributed by atoms with E-state index < -0.39 is 0 Å². The van der Waals surface area contributed by atoms with Crippen molar-refractivity contribution in [2.45, 2.75) is 25.4 Å². The maximum Gasteiger partial charge on any atom is 0.119 e. The number of rotatable bonds is 4. The topological polar surface area (TPSA) is 47.7 Å². The van der Waals surface area contributed by atoms with E-state index in [1.54, 1.807) is 7.11 Å². The standard InChI is InChI=1S/C13H20N2O2/c1-10(14)13(15-7-4-8-17-15)11-5-3-6-12(9-11)16-2/h3,5-6,9-10,13H,4,7-8,14H2,1-2H3. The minimum Gasteiger partial charge on any atom is -0.497 e. The first-order valence-electron chi connectivity index (χ1n) is 6.01. The van der Waals surface area contributed by atoms with Gasteiger partial charge in [0.05, 0.1) is 19.8 Å². The average Bonchev–Trinajstić information content (AvgIpc) is 2.83. The van der Waals surface area contributed by atoms with Crippen LogP contribution in [0.25, 0.3) is 0 Å². The molecule has 0 saturated carbocycles. The fraction of sp³-hybridized carbons (Fsp3) is 0.538. The highest BCUT2D eigenvalue weighted by molar-refractivity contribution is 5.31. The minimum atomic E-state index is 0.0141. The number of ether oxygens (including phenoxy) is 1. The van der Waals surface area contributed by atoms with Crippen molar-refractivity contribution in [3.05, 3.63) is 29.8 Å². The Kier molecular flexibility index (Phi) is 3.99. The molecule has 1 aromatic carbocycles. The van der Waals surface area contributed by atoms with Crippen molar-refractivity contribution in [1.82, 2.24) is 5.06 Å². The fourth-order valence-electron chi connectivity index (χ4n) is 2.24. The molecular weight excluding hydrogens is 216 g/mol. The summed E-state index contributed by atoms with van der Waals surface area (Å²) in [6.07, 6.45) is 1.06. The molecule has 17 heavy (non-hydrogen) atoms. The van der Waals surface area contributed by atoms with Gasteiger partial charge in [-0.1, -0.05) is 12.1 Å². The molecule has 1 saturated heterocycles. The van der Waals surface area contributed by atoms with Crippen LogP contribution in [-0.2, 0) is 4.84 Å². The summed E-state index contributed by atoms with van der Waals surface area (Å²) in [7, 11) is 1.67. The minimum absolute atomic E-state index is 0.0141. The third-order valence-electron chi connectivity index (χ3n) is 3.02. The fourth-order valence-corrected chi connectivity index (χ4v) is 2.24. The maximum absolute atomic E-state index is 6.08. The Hall–Kier alpha value is -1.10. The van der Waals surface area contributed by atoms with Crippen molar-refractivity contribution in [3.63, 3.8) is 0 Å². The number of nitrogens with two attached hydrogens (primary N) is 1. The largest absolute Gasteiger partial charge is 0.497 e. The Morgan fingerprint density at radius 1 is 1.47 bits per heavy atom. The lowest BCUT2D eigenvalue weighted by Crippen LogP contribution is -2.37. The van der Waals surface area contributed by atoms with Crippen molar-refractivity contribution in [1.29, 1.82) is 0 Å². The van der Waals surface area contributed by atoms with Crippen molar-refractivity contribution in [2.24, 2.45) is 5.73 Å². The van der Waals surface area contributed by atoms with Crippen LogP contribution in [-0.4, -0.2) is 31.4 Å². The number of benzene rings is 1. The molecule has 0 radical (unpaired) electrons. The van der Waals surface area contributed by atoms with E-state index in [2.05, 4.69) is 6.07 Å². The van der Waals surface area contributed by atoms with Crippen molar-refractivity contribution in [3.8, 4) is 5.75 Å². The van der Waals surface area contributed by atoms with Crippen LogP contribution in [0.15, 0.2) is 24.3 Å². The third kappa shape index (κ3) is 2.77. The SMILES string of the molecule is COc1cccc(C(C(C)N)N2CCCO2)c1. The van der Waals surface area contributed by atoms with Crippen LogP contribution in [0, 0.1) is 0 Å². The van der Waals surface area contributed by atoms with Gasteiger partial charge in [-0.2, -0.15) is 5.06 Å². The highest BCUT2D eigenvalue weighted by Gasteiger charge is 2.27. The van der Waals surface area contributed by atoms with Crippen molar-refractivity contribution >= 4 is 0 Å². The zero-order valence-corrected chi connectivity index (χ0v) is 10.4. The van der Waals surface area contributed by atoms with Gasteiger partial charge >= 0.3 is 0 Å². The van der Waals surface area contributed by atoms with Crippen LogP contribution in [0.2, 0.25) is 0 Å². The highest BCUT2D eigenvalue weighted by Crippen LogP contribution is 2.28. The lowest BCUT2D eigenvalue weighted by atomic mass is 10.0.